The fourth-order valence-electron chi connectivity index (χ4n) is 4.51. The Balaban J connectivity index is 1.69. The SMILES string of the molecule is CC(C)(C)[Si]1(C(C)(C)C)OC[C@H]2O[C@]3(n4ccc(=O)[nH]c4=O)O[C@@H]3[C@@H]2O1. The molecular formula is C17H26N2O6Si. The first-order chi connectivity index (χ1) is 11.9. The highest BCUT2D eigenvalue weighted by molar-refractivity contribution is 6.73. The van der Waals surface area contributed by atoms with Crippen molar-refractivity contribution in [1.29, 1.82) is 0 Å². The zero-order valence-corrected chi connectivity index (χ0v) is 17.0. The smallest absolute Gasteiger partial charge is 0.349 e. The van der Waals surface area contributed by atoms with E-state index in [2.05, 4.69) is 46.5 Å². The first-order valence-corrected chi connectivity index (χ1v) is 10.7. The lowest BCUT2D eigenvalue weighted by atomic mass is 10.2. The van der Waals surface area contributed by atoms with E-state index in [9.17, 15) is 9.59 Å². The molecule has 4 rings (SSSR count). The van der Waals surface area contributed by atoms with E-state index in [-0.39, 0.29) is 22.3 Å². The van der Waals surface area contributed by atoms with Gasteiger partial charge in [-0.1, -0.05) is 41.5 Å². The van der Waals surface area contributed by atoms with Crippen LogP contribution >= 0.6 is 0 Å². The van der Waals surface area contributed by atoms with Gasteiger partial charge in [0.2, 0.25) is 0 Å². The molecule has 3 saturated heterocycles. The molecule has 0 radical (unpaired) electrons. The van der Waals surface area contributed by atoms with Crippen molar-refractivity contribution in [1.82, 2.24) is 9.55 Å². The molecule has 26 heavy (non-hydrogen) atoms. The molecule has 1 N–H and O–H groups in total. The Hall–Kier alpha value is -1.26. The second-order valence-corrected chi connectivity index (χ2v) is 14.1. The zero-order valence-electron chi connectivity index (χ0n) is 16.0. The second-order valence-electron chi connectivity index (χ2n) is 9.32. The van der Waals surface area contributed by atoms with Crippen LogP contribution in [0, 0.1) is 0 Å². The molecule has 144 valence electrons. The van der Waals surface area contributed by atoms with E-state index in [0.29, 0.717) is 6.61 Å². The molecule has 4 atom stereocenters. The van der Waals surface area contributed by atoms with Crippen LogP contribution in [0.2, 0.25) is 10.1 Å². The number of nitrogens with zero attached hydrogens (tertiary/aromatic N) is 1. The molecule has 3 aliphatic rings. The molecule has 8 nitrogen and oxygen atoms in total. The topological polar surface area (TPSA) is 95.1 Å². The third-order valence-electron chi connectivity index (χ3n) is 5.47. The number of hydrogen-bond acceptors (Lipinski definition) is 6. The Bertz CT molecular complexity index is 836. The van der Waals surface area contributed by atoms with Crippen molar-refractivity contribution in [2.24, 2.45) is 0 Å². The van der Waals surface area contributed by atoms with Crippen molar-refractivity contribution in [2.75, 3.05) is 6.61 Å². The Morgan fingerprint density at radius 2 is 1.81 bits per heavy atom. The highest BCUT2D eigenvalue weighted by atomic mass is 28.4. The number of aromatic amines is 1. The van der Waals surface area contributed by atoms with E-state index in [0.717, 1.165) is 0 Å². The Labute approximate surface area is 152 Å². The molecule has 0 aromatic carbocycles. The van der Waals surface area contributed by atoms with Gasteiger partial charge in [0.25, 0.3) is 11.5 Å². The summed E-state index contributed by atoms with van der Waals surface area (Å²) in [5.74, 6) is -1.21. The maximum Gasteiger partial charge on any atom is 0.349 e. The average Bonchev–Trinajstić information content (AvgIpc) is 3.12. The van der Waals surface area contributed by atoms with Gasteiger partial charge in [0, 0.05) is 22.3 Å². The quantitative estimate of drug-likeness (QED) is 0.583. The summed E-state index contributed by atoms with van der Waals surface area (Å²) < 4.78 is 26.2. The Morgan fingerprint density at radius 1 is 1.15 bits per heavy atom. The third-order valence-corrected chi connectivity index (χ3v) is 10.6. The minimum Gasteiger partial charge on any atom is -0.391 e. The first kappa shape index (κ1) is 18.1. The predicted octanol–water partition coefficient (Wildman–Crippen LogP) is 1.40. The number of rotatable bonds is 1. The number of fused-ring (bicyclic) bond motifs is 3. The molecule has 0 unspecified atom stereocenters. The molecule has 3 aliphatic heterocycles. The Morgan fingerprint density at radius 3 is 2.38 bits per heavy atom. The van der Waals surface area contributed by atoms with Gasteiger partial charge >= 0.3 is 14.3 Å². The fourth-order valence-corrected chi connectivity index (χ4v) is 9.46. The van der Waals surface area contributed by atoms with Crippen LogP contribution in [0.5, 0.6) is 0 Å². The summed E-state index contributed by atoms with van der Waals surface area (Å²) in [6.07, 6.45) is 0.402. The van der Waals surface area contributed by atoms with Gasteiger partial charge in [-0.15, -0.1) is 0 Å². The maximum absolute atomic E-state index is 12.2. The van der Waals surface area contributed by atoms with E-state index in [1.54, 1.807) is 0 Å². The monoisotopic (exact) mass is 382 g/mol. The van der Waals surface area contributed by atoms with Crippen molar-refractivity contribution in [3.05, 3.63) is 33.1 Å². The van der Waals surface area contributed by atoms with Gasteiger partial charge in [0.15, 0.2) is 6.10 Å². The number of H-pyrrole nitrogens is 1. The van der Waals surface area contributed by atoms with Crippen LogP contribution in [0.1, 0.15) is 41.5 Å². The van der Waals surface area contributed by atoms with Crippen LogP contribution in [-0.2, 0) is 24.2 Å². The molecule has 1 aromatic heterocycles. The van der Waals surface area contributed by atoms with Crippen molar-refractivity contribution < 1.29 is 18.3 Å². The number of ether oxygens (including phenoxy) is 2. The van der Waals surface area contributed by atoms with Crippen molar-refractivity contribution in [2.45, 2.75) is 75.8 Å². The highest BCUT2D eigenvalue weighted by Crippen LogP contribution is 2.60. The molecule has 4 heterocycles. The molecule has 0 aliphatic carbocycles. The lowest BCUT2D eigenvalue weighted by molar-refractivity contribution is -0.184. The summed E-state index contributed by atoms with van der Waals surface area (Å²) in [7, 11) is -2.65. The number of nitrogens with one attached hydrogen (secondary N) is 1. The minimum absolute atomic E-state index is 0.148. The predicted molar refractivity (Wildman–Crippen MR) is 95.1 cm³/mol. The molecule has 0 saturated carbocycles. The van der Waals surface area contributed by atoms with Crippen molar-refractivity contribution in [3.8, 4) is 0 Å². The first-order valence-electron chi connectivity index (χ1n) is 8.91. The van der Waals surface area contributed by atoms with Crippen molar-refractivity contribution >= 4 is 8.56 Å². The van der Waals surface area contributed by atoms with Crippen LogP contribution in [0.25, 0.3) is 0 Å². The molecule has 3 fully saturated rings. The summed E-state index contributed by atoms with van der Waals surface area (Å²) in [5.41, 5.74) is -1.02. The maximum atomic E-state index is 12.2. The number of epoxide rings is 1. The molecule has 9 heteroatoms. The van der Waals surface area contributed by atoms with E-state index in [4.69, 9.17) is 18.3 Å². The third kappa shape index (κ3) is 2.27. The molecule has 0 spiro atoms. The fraction of sp³-hybridized carbons (Fsp3) is 0.765. The normalized spacial score (nSPS) is 35.7. The number of hydrogen-bond donors (Lipinski definition) is 1. The van der Waals surface area contributed by atoms with E-state index >= 15 is 0 Å². The van der Waals surface area contributed by atoms with Gasteiger partial charge in [-0.25, -0.2) is 9.36 Å². The lowest BCUT2D eigenvalue weighted by Gasteiger charge is -2.53. The van der Waals surface area contributed by atoms with Gasteiger partial charge < -0.3 is 18.3 Å². The molecular weight excluding hydrogens is 356 g/mol. The Kier molecular flexibility index (Phi) is 3.60. The van der Waals surface area contributed by atoms with Gasteiger partial charge in [-0.3, -0.25) is 9.78 Å². The van der Waals surface area contributed by atoms with Gasteiger partial charge in [-0.05, 0) is 0 Å². The van der Waals surface area contributed by atoms with Gasteiger partial charge in [-0.2, -0.15) is 0 Å². The molecule has 0 amide bonds. The second kappa shape index (κ2) is 5.17. The van der Waals surface area contributed by atoms with Crippen molar-refractivity contribution in [3.63, 3.8) is 0 Å². The average molecular weight is 382 g/mol. The van der Waals surface area contributed by atoms with Gasteiger partial charge in [0.1, 0.15) is 12.2 Å². The molecule has 0 bridgehead atoms. The van der Waals surface area contributed by atoms with Gasteiger partial charge in [0.05, 0.1) is 6.61 Å². The van der Waals surface area contributed by atoms with Crippen LogP contribution < -0.4 is 11.2 Å². The largest absolute Gasteiger partial charge is 0.391 e. The van der Waals surface area contributed by atoms with E-state index < -0.39 is 31.8 Å². The standard InChI is InChI=1S/C17H26N2O6Si/c1-15(2,3)26(16(4,5)6)22-9-10-12(25-26)13-17(23-10,24-13)19-8-7-11(20)18-14(19)21/h7-8,10,12-13H,9H2,1-6H3,(H,18,20,21)/t10-,12-,13-,17+/m1/s1. The van der Waals surface area contributed by atoms with E-state index in [1.807, 2.05) is 0 Å². The summed E-state index contributed by atoms with van der Waals surface area (Å²) in [4.78, 5) is 25.8. The lowest BCUT2D eigenvalue weighted by Crippen LogP contribution is -2.65. The van der Waals surface area contributed by atoms with Crippen LogP contribution in [0.15, 0.2) is 21.9 Å². The van der Waals surface area contributed by atoms with Crippen LogP contribution in [0.3, 0.4) is 0 Å². The molecule has 1 aromatic rings. The van der Waals surface area contributed by atoms with Crippen LogP contribution in [-0.4, -0.2) is 43.0 Å². The summed E-state index contributed by atoms with van der Waals surface area (Å²) >= 11 is 0. The summed E-state index contributed by atoms with van der Waals surface area (Å²) in [6, 6.07) is 1.28. The summed E-state index contributed by atoms with van der Waals surface area (Å²) in [6.45, 7) is 13.3. The summed E-state index contributed by atoms with van der Waals surface area (Å²) in [5, 5.41) is -0.295. The zero-order chi connectivity index (χ0) is 19.1. The van der Waals surface area contributed by atoms with Crippen LogP contribution in [0.4, 0.5) is 0 Å². The number of aromatic nitrogens is 2. The van der Waals surface area contributed by atoms with E-state index in [1.165, 1.54) is 16.8 Å². The minimum atomic E-state index is -2.65. The highest BCUT2D eigenvalue weighted by Gasteiger charge is 2.77.